The Hall–Kier alpha value is -0.476. The van der Waals surface area contributed by atoms with Crippen LogP contribution in [0.4, 0.5) is 0 Å². The molecule has 0 N–H and O–H groups in total. The third-order valence-electron chi connectivity index (χ3n) is 0.341. The average molecular weight is 164 g/mol. The fourth-order valence-electron chi connectivity index (χ4n) is 0.166. The van der Waals surface area contributed by atoms with E-state index in [0.29, 0.717) is 0 Å². The van der Waals surface area contributed by atoms with Gasteiger partial charge in [-0.05, 0) is 0 Å². The molecule has 0 aromatic rings. The Balaban J connectivity index is 0. The molecule has 0 bridgehead atoms. The zero-order chi connectivity index (χ0) is 6.57. The molecule has 0 aromatic carbocycles. The number of hydrogen-bond acceptors (Lipinski definition) is 4. The molecular weight excluding hydrogens is 160 g/mol. The maximum absolute atomic E-state index is 9.81. The predicted octanol–water partition coefficient (Wildman–Crippen LogP) is -0.728. The van der Waals surface area contributed by atoms with Gasteiger partial charge in [0.1, 0.15) is 0 Å². The van der Waals surface area contributed by atoms with Crippen LogP contribution in [0.5, 0.6) is 0 Å². The minimum atomic E-state index is -1.16. The Morgan fingerprint density at radius 2 is 1.89 bits per heavy atom. The standard InChI is InChI=1S/C4H4O4.Ti/c1-3(6)8-4(7)2-5;/h2H,1H3;. The van der Waals surface area contributed by atoms with E-state index in [1.807, 2.05) is 0 Å². The second kappa shape index (κ2) is 5.66. The van der Waals surface area contributed by atoms with Gasteiger partial charge in [0.25, 0.3) is 0 Å². The van der Waals surface area contributed by atoms with Crippen LogP contribution in [0, 0.1) is 0 Å². The molecule has 5 heteroatoms. The van der Waals surface area contributed by atoms with Crippen LogP contribution in [-0.4, -0.2) is 18.2 Å². The molecule has 0 unspecified atom stereocenters. The molecule has 0 aliphatic carbocycles. The van der Waals surface area contributed by atoms with E-state index in [1.165, 1.54) is 0 Å². The Morgan fingerprint density at radius 1 is 1.44 bits per heavy atom. The van der Waals surface area contributed by atoms with Crippen molar-refractivity contribution in [3.8, 4) is 0 Å². The molecule has 0 saturated carbocycles. The predicted molar refractivity (Wildman–Crippen MR) is 22.8 cm³/mol. The van der Waals surface area contributed by atoms with Crippen LogP contribution < -0.4 is 0 Å². The minimum Gasteiger partial charge on any atom is -0.388 e. The van der Waals surface area contributed by atoms with E-state index in [1.54, 1.807) is 0 Å². The van der Waals surface area contributed by atoms with Gasteiger partial charge < -0.3 is 4.74 Å². The summed E-state index contributed by atoms with van der Waals surface area (Å²) in [4.78, 5) is 29.0. The molecule has 0 amide bonds. The summed E-state index contributed by atoms with van der Waals surface area (Å²) in [7, 11) is 0. The quantitative estimate of drug-likeness (QED) is 0.168. The van der Waals surface area contributed by atoms with Gasteiger partial charge in [0.2, 0.25) is 6.29 Å². The second-order valence-electron chi connectivity index (χ2n) is 1.03. The number of carbonyl (C=O) groups is 3. The molecular formula is C4H4O4Ti. The van der Waals surface area contributed by atoms with Crippen LogP contribution in [0.25, 0.3) is 0 Å². The number of esters is 2. The van der Waals surface area contributed by atoms with E-state index in [2.05, 4.69) is 4.74 Å². The van der Waals surface area contributed by atoms with Gasteiger partial charge >= 0.3 is 11.9 Å². The molecule has 0 fully saturated rings. The van der Waals surface area contributed by atoms with Crippen LogP contribution in [0.2, 0.25) is 0 Å². The summed E-state index contributed by atoms with van der Waals surface area (Å²) in [6.45, 7) is 1.04. The number of rotatable bonds is 1. The van der Waals surface area contributed by atoms with Gasteiger partial charge in [-0.3, -0.25) is 9.59 Å². The first-order valence-corrected chi connectivity index (χ1v) is 1.84. The molecule has 0 spiro atoms. The van der Waals surface area contributed by atoms with Crippen molar-refractivity contribution in [1.29, 1.82) is 0 Å². The smallest absolute Gasteiger partial charge is 0.378 e. The molecule has 0 rings (SSSR count). The molecule has 9 heavy (non-hydrogen) atoms. The third-order valence-corrected chi connectivity index (χ3v) is 0.341. The molecule has 0 atom stereocenters. The van der Waals surface area contributed by atoms with E-state index in [0.717, 1.165) is 6.92 Å². The van der Waals surface area contributed by atoms with E-state index in [-0.39, 0.29) is 28.0 Å². The molecule has 48 valence electrons. The van der Waals surface area contributed by atoms with Crippen molar-refractivity contribution in [3.63, 3.8) is 0 Å². The maximum atomic E-state index is 9.81. The van der Waals surface area contributed by atoms with Gasteiger partial charge in [-0.2, -0.15) is 0 Å². The molecule has 0 radical (unpaired) electrons. The van der Waals surface area contributed by atoms with E-state index < -0.39 is 11.9 Å². The van der Waals surface area contributed by atoms with Crippen molar-refractivity contribution in [1.82, 2.24) is 0 Å². The Kier molecular flexibility index (Phi) is 7.13. The summed E-state index contributed by atoms with van der Waals surface area (Å²) in [5.41, 5.74) is 0. The van der Waals surface area contributed by atoms with Crippen LogP contribution in [0.1, 0.15) is 6.92 Å². The van der Waals surface area contributed by atoms with Gasteiger partial charge in [-0.15, -0.1) is 0 Å². The van der Waals surface area contributed by atoms with Crippen molar-refractivity contribution in [2.75, 3.05) is 0 Å². The number of carbonyl (C=O) groups excluding carboxylic acids is 3. The fraction of sp³-hybridized carbons (Fsp3) is 0.250. The van der Waals surface area contributed by atoms with Crippen molar-refractivity contribution in [2.24, 2.45) is 0 Å². The van der Waals surface area contributed by atoms with Crippen molar-refractivity contribution < 1.29 is 40.8 Å². The number of aldehydes is 1. The number of hydrogen-bond donors (Lipinski definition) is 0. The topological polar surface area (TPSA) is 60.4 Å². The third kappa shape index (κ3) is 7.52. The minimum absolute atomic E-state index is 0. The maximum Gasteiger partial charge on any atom is 0.378 e. The van der Waals surface area contributed by atoms with E-state index >= 15 is 0 Å². The molecule has 0 aliphatic rings. The van der Waals surface area contributed by atoms with Gasteiger partial charge in [-0.1, -0.05) is 0 Å². The van der Waals surface area contributed by atoms with Crippen LogP contribution in [0.3, 0.4) is 0 Å². The zero-order valence-corrected chi connectivity index (χ0v) is 6.27. The largest absolute Gasteiger partial charge is 0.388 e. The zero-order valence-electron chi connectivity index (χ0n) is 4.71. The first kappa shape index (κ1) is 11.3. The van der Waals surface area contributed by atoms with Crippen molar-refractivity contribution in [2.45, 2.75) is 6.92 Å². The Bertz CT molecular complexity index is 131. The summed E-state index contributed by atoms with van der Waals surface area (Å²) < 4.78 is 3.75. The Morgan fingerprint density at radius 3 is 2.00 bits per heavy atom. The molecule has 0 heterocycles. The van der Waals surface area contributed by atoms with Crippen molar-refractivity contribution in [3.05, 3.63) is 0 Å². The second-order valence-corrected chi connectivity index (χ2v) is 1.03. The monoisotopic (exact) mass is 164 g/mol. The molecule has 0 aliphatic heterocycles. The molecule has 0 saturated heterocycles. The summed E-state index contributed by atoms with van der Waals surface area (Å²) >= 11 is 0. The number of ether oxygens (including phenoxy) is 1. The molecule has 0 aromatic heterocycles. The summed E-state index contributed by atoms with van der Waals surface area (Å²) in [5.74, 6) is -1.93. The first-order chi connectivity index (χ1) is 3.66. The summed E-state index contributed by atoms with van der Waals surface area (Å²) in [6, 6.07) is 0. The van der Waals surface area contributed by atoms with Crippen LogP contribution in [-0.2, 0) is 40.8 Å². The van der Waals surface area contributed by atoms with Crippen LogP contribution >= 0.6 is 0 Å². The normalized spacial score (nSPS) is 6.78. The average Bonchev–Trinajstić information content (AvgIpc) is 1.65. The van der Waals surface area contributed by atoms with E-state index in [9.17, 15) is 14.4 Å². The van der Waals surface area contributed by atoms with Crippen LogP contribution in [0.15, 0.2) is 0 Å². The van der Waals surface area contributed by atoms with Gasteiger partial charge in [-0.25, -0.2) is 4.79 Å². The summed E-state index contributed by atoms with van der Waals surface area (Å²) in [6.07, 6.45) is -0.0681. The first-order valence-electron chi connectivity index (χ1n) is 1.84. The van der Waals surface area contributed by atoms with Gasteiger partial charge in [0, 0.05) is 28.6 Å². The summed E-state index contributed by atoms with van der Waals surface area (Å²) in [5, 5.41) is 0. The SMILES string of the molecule is CC(=O)OC(=O)C=O.[Ti]. The fourth-order valence-corrected chi connectivity index (χ4v) is 0.166. The van der Waals surface area contributed by atoms with E-state index in [4.69, 9.17) is 0 Å². The van der Waals surface area contributed by atoms with Crippen molar-refractivity contribution >= 4 is 18.2 Å². The molecule has 4 nitrogen and oxygen atoms in total. The Labute approximate surface area is 66.4 Å². The van der Waals surface area contributed by atoms with Gasteiger partial charge in [0.05, 0.1) is 0 Å². The van der Waals surface area contributed by atoms with Gasteiger partial charge in [0.15, 0.2) is 0 Å².